The standard InChI is InChI=1S/C11H12N6/c12-5-6-17-7-10(15-16-17)11-13-8-3-1-2-4-9(8)14-11/h1-4,7H,5-6,12H2,(H,13,14). The van der Waals surface area contributed by atoms with Crippen molar-refractivity contribution in [2.45, 2.75) is 6.54 Å². The number of H-pyrrole nitrogens is 1. The molecule has 1 aromatic carbocycles. The quantitative estimate of drug-likeness (QED) is 0.693. The van der Waals surface area contributed by atoms with Crippen LogP contribution >= 0.6 is 0 Å². The lowest BCUT2D eigenvalue weighted by Crippen LogP contribution is -2.10. The van der Waals surface area contributed by atoms with Gasteiger partial charge in [0.05, 0.1) is 23.8 Å². The monoisotopic (exact) mass is 228 g/mol. The Kier molecular flexibility index (Phi) is 2.34. The Morgan fingerprint density at radius 1 is 1.29 bits per heavy atom. The van der Waals surface area contributed by atoms with Crippen molar-refractivity contribution < 1.29 is 0 Å². The van der Waals surface area contributed by atoms with E-state index in [0.29, 0.717) is 13.1 Å². The molecule has 6 heteroatoms. The average Bonchev–Trinajstić information content (AvgIpc) is 2.94. The number of nitrogens with two attached hydrogens (primary N) is 1. The fraction of sp³-hybridized carbons (Fsp3) is 0.182. The Labute approximate surface area is 97.5 Å². The van der Waals surface area contributed by atoms with E-state index in [0.717, 1.165) is 22.6 Å². The van der Waals surface area contributed by atoms with Crippen molar-refractivity contribution in [2.24, 2.45) is 5.73 Å². The largest absolute Gasteiger partial charge is 0.337 e. The second-order valence-electron chi connectivity index (χ2n) is 3.76. The van der Waals surface area contributed by atoms with Gasteiger partial charge in [0.15, 0.2) is 5.82 Å². The third-order valence-corrected chi connectivity index (χ3v) is 2.53. The molecule has 2 aromatic heterocycles. The molecule has 0 bridgehead atoms. The number of aromatic amines is 1. The molecule has 3 rings (SSSR count). The third kappa shape index (κ3) is 1.78. The van der Waals surface area contributed by atoms with Crippen LogP contribution in [0.15, 0.2) is 30.5 Å². The number of aromatic nitrogens is 5. The molecular formula is C11H12N6. The van der Waals surface area contributed by atoms with Gasteiger partial charge in [0.1, 0.15) is 5.69 Å². The van der Waals surface area contributed by atoms with Gasteiger partial charge < -0.3 is 10.7 Å². The predicted molar refractivity (Wildman–Crippen MR) is 64.2 cm³/mol. The summed E-state index contributed by atoms with van der Waals surface area (Å²) in [7, 11) is 0. The molecule has 0 aliphatic carbocycles. The Morgan fingerprint density at radius 3 is 3.00 bits per heavy atom. The maximum Gasteiger partial charge on any atom is 0.160 e. The van der Waals surface area contributed by atoms with E-state index in [1.807, 2.05) is 30.5 Å². The number of nitrogens with zero attached hydrogens (tertiary/aromatic N) is 4. The van der Waals surface area contributed by atoms with Crippen LogP contribution in [0.3, 0.4) is 0 Å². The van der Waals surface area contributed by atoms with Gasteiger partial charge in [-0.1, -0.05) is 17.3 Å². The minimum Gasteiger partial charge on any atom is -0.337 e. The van der Waals surface area contributed by atoms with E-state index in [9.17, 15) is 0 Å². The highest BCUT2D eigenvalue weighted by atomic mass is 15.4. The summed E-state index contributed by atoms with van der Waals surface area (Å²) < 4.78 is 1.71. The van der Waals surface area contributed by atoms with Crippen molar-refractivity contribution in [1.82, 2.24) is 25.0 Å². The molecule has 0 spiro atoms. The summed E-state index contributed by atoms with van der Waals surface area (Å²) in [6.07, 6.45) is 1.84. The average molecular weight is 228 g/mol. The van der Waals surface area contributed by atoms with Crippen molar-refractivity contribution >= 4 is 11.0 Å². The Balaban J connectivity index is 2.01. The number of fused-ring (bicyclic) bond motifs is 1. The number of benzene rings is 1. The van der Waals surface area contributed by atoms with Gasteiger partial charge in [-0.05, 0) is 12.1 Å². The second kappa shape index (κ2) is 3.99. The van der Waals surface area contributed by atoms with E-state index in [1.54, 1.807) is 4.68 Å². The highest BCUT2D eigenvalue weighted by molar-refractivity contribution is 5.78. The first kappa shape index (κ1) is 9.98. The van der Waals surface area contributed by atoms with Crippen molar-refractivity contribution in [1.29, 1.82) is 0 Å². The first-order chi connectivity index (χ1) is 8.36. The molecule has 6 nitrogen and oxygen atoms in total. The van der Waals surface area contributed by atoms with Crippen LogP contribution in [0.2, 0.25) is 0 Å². The van der Waals surface area contributed by atoms with Crippen LogP contribution in [-0.4, -0.2) is 31.5 Å². The molecule has 3 N–H and O–H groups in total. The first-order valence-electron chi connectivity index (χ1n) is 5.42. The second-order valence-corrected chi connectivity index (χ2v) is 3.76. The van der Waals surface area contributed by atoms with Crippen molar-refractivity contribution in [3.05, 3.63) is 30.5 Å². The van der Waals surface area contributed by atoms with E-state index in [2.05, 4.69) is 20.3 Å². The highest BCUT2D eigenvalue weighted by Crippen LogP contribution is 2.17. The minimum atomic E-state index is 0.545. The SMILES string of the molecule is NCCn1cc(-c2nc3ccccc3[nH]2)nn1. The van der Waals surface area contributed by atoms with Crippen LogP contribution in [-0.2, 0) is 6.54 Å². The zero-order valence-corrected chi connectivity index (χ0v) is 9.17. The van der Waals surface area contributed by atoms with Crippen LogP contribution in [0, 0.1) is 0 Å². The predicted octanol–water partition coefficient (Wildman–Crippen LogP) is 0.780. The lowest BCUT2D eigenvalue weighted by atomic mass is 10.3. The fourth-order valence-corrected chi connectivity index (χ4v) is 1.72. The normalized spacial score (nSPS) is 11.1. The Morgan fingerprint density at radius 2 is 2.18 bits per heavy atom. The number of hydrogen-bond donors (Lipinski definition) is 2. The summed E-state index contributed by atoms with van der Waals surface area (Å²) in [6, 6.07) is 7.86. The van der Waals surface area contributed by atoms with Gasteiger partial charge >= 0.3 is 0 Å². The Bertz CT molecular complexity index is 605. The summed E-state index contributed by atoms with van der Waals surface area (Å²) in [5.41, 5.74) is 8.11. The highest BCUT2D eigenvalue weighted by Gasteiger charge is 2.08. The van der Waals surface area contributed by atoms with Crippen molar-refractivity contribution in [2.75, 3.05) is 6.54 Å². The van der Waals surface area contributed by atoms with Gasteiger partial charge in [0.2, 0.25) is 0 Å². The van der Waals surface area contributed by atoms with E-state index in [4.69, 9.17) is 5.73 Å². The van der Waals surface area contributed by atoms with Crippen LogP contribution < -0.4 is 5.73 Å². The van der Waals surface area contributed by atoms with E-state index < -0.39 is 0 Å². The maximum absolute atomic E-state index is 5.46. The van der Waals surface area contributed by atoms with Gasteiger partial charge in [0.25, 0.3) is 0 Å². The van der Waals surface area contributed by atoms with Gasteiger partial charge in [-0.15, -0.1) is 5.10 Å². The number of nitrogens with one attached hydrogen (secondary N) is 1. The number of imidazole rings is 1. The van der Waals surface area contributed by atoms with Gasteiger partial charge in [0, 0.05) is 6.54 Å². The van der Waals surface area contributed by atoms with Crippen LogP contribution in [0.4, 0.5) is 0 Å². The molecule has 86 valence electrons. The molecule has 2 heterocycles. The van der Waals surface area contributed by atoms with Gasteiger partial charge in [-0.3, -0.25) is 4.68 Å². The third-order valence-electron chi connectivity index (χ3n) is 2.53. The molecule has 0 atom stereocenters. The van der Waals surface area contributed by atoms with Crippen molar-refractivity contribution in [3.63, 3.8) is 0 Å². The van der Waals surface area contributed by atoms with E-state index >= 15 is 0 Å². The summed E-state index contributed by atoms with van der Waals surface area (Å²) in [6.45, 7) is 1.20. The van der Waals surface area contributed by atoms with Gasteiger partial charge in [-0.2, -0.15) is 0 Å². The number of hydrogen-bond acceptors (Lipinski definition) is 4. The smallest absolute Gasteiger partial charge is 0.160 e. The molecule has 0 aliphatic heterocycles. The van der Waals surface area contributed by atoms with Gasteiger partial charge in [-0.25, -0.2) is 4.98 Å². The minimum absolute atomic E-state index is 0.545. The molecule has 3 aromatic rings. The molecule has 0 saturated carbocycles. The lowest BCUT2D eigenvalue weighted by Gasteiger charge is -1.92. The zero-order valence-electron chi connectivity index (χ0n) is 9.17. The van der Waals surface area contributed by atoms with E-state index in [-0.39, 0.29) is 0 Å². The lowest BCUT2D eigenvalue weighted by molar-refractivity contribution is 0.598. The van der Waals surface area contributed by atoms with E-state index in [1.165, 1.54) is 0 Å². The molecule has 0 aliphatic rings. The molecule has 0 unspecified atom stereocenters. The van der Waals surface area contributed by atoms with Crippen LogP contribution in [0.25, 0.3) is 22.6 Å². The molecule has 0 radical (unpaired) electrons. The van der Waals surface area contributed by atoms with Crippen LogP contribution in [0.1, 0.15) is 0 Å². The summed E-state index contributed by atoms with van der Waals surface area (Å²) >= 11 is 0. The Hall–Kier alpha value is -2.21. The molecule has 0 amide bonds. The molecule has 0 fully saturated rings. The molecular weight excluding hydrogens is 216 g/mol. The van der Waals surface area contributed by atoms with Crippen LogP contribution in [0.5, 0.6) is 0 Å². The summed E-state index contributed by atoms with van der Waals surface area (Å²) in [5, 5.41) is 8.04. The summed E-state index contributed by atoms with van der Waals surface area (Å²) in [4.78, 5) is 7.66. The molecule has 17 heavy (non-hydrogen) atoms. The van der Waals surface area contributed by atoms with Crippen molar-refractivity contribution in [3.8, 4) is 11.5 Å². The fourth-order valence-electron chi connectivity index (χ4n) is 1.72. The number of para-hydroxylation sites is 2. The number of rotatable bonds is 3. The topological polar surface area (TPSA) is 85.4 Å². The zero-order chi connectivity index (χ0) is 11.7. The maximum atomic E-state index is 5.46. The molecule has 0 saturated heterocycles. The first-order valence-corrected chi connectivity index (χ1v) is 5.42. The summed E-state index contributed by atoms with van der Waals surface area (Å²) in [5.74, 6) is 0.731.